The summed E-state index contributed by atoms with van der Waals surface area (Å²) < 4.78 is 13.5. The highest BCUT2D eigenvalue weighted by atomic mass is 19.1. The summed E-state index contributed by atoms with van der Waals surface area (Å²) in [6, 6.07) is 25.5. The van der Waals surface area contributed by atoms with E-state index in [0.29, 0.717) is 5.56 Å². The molecule has 2 aliphatic heterocycles. The summed E-state index contributed by atoms with van der Waals surface area (Å²) in [6.45, 7) is 0. The SMILES string of the molecule is N#CC1(C#N)C(c2ccccc2)C(C(=O)c2ccc(F)cc2)N2c3ccccc3C=CC21. The van der Waals surface area contributed by atoms with Crippen molar-refractivity contribution in [2.75, 3.05) is 4.90 Å². The molecular formula is C27H18FN3O. The van der Waals surface area contributed by atoms with E-state index in [2.05, 4.69) is 12.1 Å². The fourth-order valence-corrected chi connectivity index (χ4v) is 5.05. The van der Waals surface area contributed by atoms with Gasteiger partial charge < -0.3 is 4.90 Å². The number of nitriles is 2. The summed E-state index contributed by atoms with van der Waals surface area (Å²) in [4.78, 5) is 15.8. The molecule has 5 rings (SSSR count). The lowest BCUT2D eigenvalue weighted by Crippen LogP contribution is -2.44. The zero-order chi connectivity index (χ0) is 22.3. The van der Waals surface area contributed by atoms with Crippen molar-refractivity contribution in [2.45, 2.75) is 18.0 Å². The number of benzene rings is 3. The minimum Gasteiger partial charge on any atom is -0.351 e. The zero-order valence-electron chi connectivity index (χ0n) is 17.0. The van der Waals surface area contributed by atoms with Crippen LogP contribution in [0.15, 0.2) is 84.9 Å². The number of carbonyl (C=O) groups excluding carboxylic acids is 1. The van der Waals surface area contributed by atoms with Gasteiger partial charge in [0.15, 0.2) is 11.2 Å². The standard InChI is InChI=1S/C27H18FN3O/c28-21-13-10-20(11-14-21)26(32)25-24(19-7-2-1-3-8-19)27(16-29,17-30)23-15-12-18-6-4-5-9-22(18)31(23)25/h1-15,23-25H. The summed E-state index contributed by atoms with van der Waals surface area (Å²) >= 11 is 0. The van der Waals surface area contributed by atoms with E-state index in [1.165, 1.54) is 24.3 Å². The molecule has 0 saturated carbocycles. The van der Waals surface area contributed by atoms with Crippen LogP contribution in [0.3, 0.4) is 0 Å². The van der Waals surface area contributed by atoms with E-state index in [9.17, 15) is 19.7 Å². The molecule has 3 aromatic rings. The molecule has 0 N–H and O–H groups in total. The molecule has 3 atom stereocenters. The maximum absolute atomic E-state index is 13.9. The van der Waals surface area contributed by atoms with Crippen molar-refractivity contribution in [3.8, 4) is 12.1 Å². The van der Waals surface area contributed by atoms with Crippen molar-refractivity contribution < 1.29 is 9.18 Å². The summed E-state index contributed by atoms with van der Waals surface area (Å²) in [5, 5.41) is 20.7. The average molecular weight is 419 g/mol. The van der Waals surface area contributed by atoms with Gasteiger partial charge in [-0.3, -0.25) is 4.79 Å². The van der Waals surface area contributed by atoms with Crippen LogP contribution < -0.4 is 4.90 Å². The van der Waals surface area contributed by atoms with Gasteiger partial charge in [-0.05, 0) is 41.5 Å². The van der Waals surface area contributed by atoms with Gasteiger partial charge >= 0.3 is 0 Å². The van der Waals surface area contributed by atoms with Crippen LogP contribution in [0.2, 0.25) is 0 Å². The van der Waals surface area contributed by atoms with Crippen LogP contribution >= 0.6 is 0 Å². The first-order valence-corrected chi connectivity index (χ1v) is 10.3. The normalized spacial score (nSPS) is 22.3. The van der Waals surface area contributed by atoms with Gasteiger partial charge in [0.1, 0.15) is 11.9 Å². The molecule has 154 valence electrons. The third-order valence-corrected chi connectivity index (χ3v) is 6.47. The second-order valence-corrected chi connectivity index (χ2v) is 8.07. The van der Waals surface area contributed by atoms with Gasteiger partial charge in [0, 0.05) is 17.2 Å². The summed E-state index contributed by atoms with van der Waals surface area (Å²) in [7, 11) is 0. The lowest BCUT2D eigenvalue weighted by molar-refractivity contribution is 0.0951. The molecule has 3 unspecified atom stereocenters. The summed E-state index contributed by atoms with van der Waals surface area (Å²) in [6.07, 6.45) is 3.76. The van der Waals surface area contributed by atoms with E-state index in [4.69, 9.17) is 0 Å². The number of anilines is 1. The number of ketones is 1. The highest BCUT2D eigenvalue weighted by Gasteiger charge is 2.63. The van der Waals surface area contributed by atoms with Gasteiger partial charge in [-0.1, -0.05) is 60.7 Å². The van der Waals surface area contributed by atoms with Crippen molar-refractivity contribution in [3.63, 3.8) is 0 Å². The molecule has 0 spiro atoms. The zero-order valence-corrected chi connectivity index (χ0v) is 17.0. The largest absolute Gasteiger partial charge is 0.351 e. The van der Waals surface area contributed by atoms with E-state index in [1.807, 2.05) is 71.6 Å². The Morgan fingerprint density at radius 3 is 2.25 bits per heavy atom. The van der Waals surface area contributed by atoms with Gasteiger partial charge in [-0.15, -0.1) is 0 Å². The number of hydrogen-bond acceptors (Lipinski definition) is 4. The van der Waals surface area contributed by atoms with Gasteiger partial charge in [0.25, 0.3) is 0 Å². The number of para-hydroxylation sites is 1. The first kappa shape index (κ1) is 19.7. The molecule has 1 saturated heterocycles. The van der Waals surface area contributed by atoms with Crippen LogP contribution in [-0.2, 0) is 0 Å². The Kier molecular flexibility index (Phi) is 4.61. The topological polar surface area (TPSA) is 67.9 Å². The molecule has 2 heterocycles. The quantitative estimate of drug-likeness (QED) is 0.553. The van der Waals surface area contributed by atoms with Gasteiger partial charge in [0.2, 0.25) is 0 Å². The van der Waals surface area contributed by atoms with Crippen molar-refractivity contribution in [2.24, 2.45) is 5.41 Å². The highest BCUT2D eigenvalue weighted by molar-refractivity contribution is 6.04. The van der Waals surface area contributed by atoms with Crippen LogP contribution in [0.25, 0.3) is 6.08 Å². The van der Waals surface area contributed by atoms with Crippen LogP contribution in [0.5, 0.6) is 0 Å². The molecule has 5 heteroatoms. The Labute approximate surface area is 185 Å². The maximum atomic E-state index is 13.9. The van der Waals surface area contributed by atoms with E-state index < -0.39 is 29.2 Å². The van der Waals surface area contributed by atoms with Crippen molar-refractivity contribution in [1.29, 1.82) is 10.5 Å². The molecule has 0 amide bonds. The van der Waals surface area contributed by atoms with E-state index in [1.54, 1.807) is 0 Å². The van der Waals surface area contributed by atoms with Crippen LogP contribution in [0, 0.1) is 33.9 Å². The van der Waals surface area contributed by atoms with E-state index in [-0.39, 0.29) is 5.78 Å². The Bertz CT molecular complexity index is 1290. The third-order valence-electron chi connectivity index (χ3n) is 6.47. The van der Waals surface area contributed by atoms with Crippen molar-refractivity contribution in [3.05, 3.63) is 107 Å². The molecular weight excluding hydrogens is 401 g/mol. The lowest BCUT2D eigenvalue weighted by Gasteiger charge is -2.35. The van der Waals surface area contributed by atoms with Crippen LogP contribution in [0.4, 0.5) is 10.1 Å². The smallest absolute Gasteiger partial charge is 0.185 e. The summed E-state index contributed by atoms with van der Waals surface area (Å²) in [5.74, 6) is -1.38. The summed E-state index contributed by atoms with van der Waals surface area (Å²) in [5.41, 5.74) is 1.32. The van der Waals surface area contributed by atoms with Crippen molar-refractivity contribution in [1.82, 2.24) is 0 Å². The minimum atomic E-state index is -1.48. The number of nitrogens with zero attached hydrogens (tertiary/aromatic N) is 3. The number of halogens is 1. The third kappa shape index (κ3) is 2.76. The number of rotatable bonds is 3. The number of carbonyl (C=O) groups is 1. The minimum absolute atomic E-state index is 0.249. The maximum Gasteiger partial charge on any atom is 0.185 e. The lowest BCUT2D eigenvalue weighted by atomic mass is 9.69. The van der Waals surface area contributed by atoms with Crippen molar-refractivity contribution >= 4 is 17.5 Å². The molecule has 2 aliphatic rings. The van der Waals surface area contributed by atoms with Crippen LogP contribution in [-0.4, -0.2) is 17.9 Å². The highest BCUT2D eigenvalue weighted by Crippen LogP contribution is 2.55. The second kappa shape index (κ2) is 7.48. The first-order chi connectivity index (χ1) is 15.6. The monoisotopic (exact) mass is 419 g/mol. The van der Waals surface area contributed by atoms with E-state index >= 15 is 0 Å². The Balaban J connectivity index is 1.78. The molecule has 0 aliphatic carbocycles. The van der Waals surface area contributed by atoms with Gasteiger partial charge in [-0.25, -0.2) is 4.39 Å². The predicted molar refractivity (Wildman–Crippen MR) is 119 cm³/mol. The van der Waals surface area contributed by atoms with Gasteiger partial charge in [-0.2, -0.15) is 10.5 Å². The molecule has 1 fully saturated rings. The number of hydrogen-bond donors (Lipinski definition) is 0. The fraction of sp³-hybridized carbons (Fsp3) is 0.148. The molecule has 0 radical (unpaired) electrons. The first-order valence-electron chi connectivity index (χ1n) is 10.3. The molecule has 0 bridgehead atoms. The Hall–Kier alpha value is -4.22. The number of fused-ring (bicyclic) bond motifs is 3. The Morgan fingerprint density at radius 1 is 0.906 bits per heavy atom. The second-order valence-electron chi connectivity index (χ2n) is 8.07. The predicted octanol–water partition coefficient (Wildman–Crippen LogP) is 5.11. The Morgan fingerprint density at radius 2 is 1.56 bits per heavy atom. The number of Topliss-reactive ketones (excluding diaryl/α,β-unsaturated/α-hetero) is 1. The average Bonchev–Trinajstić information content (AvgIpc) is 3.15. The molecule has 32 heavy (non-hydrogen) atoms. The van der Waals surface area contributed by atoms with Crippen LogP contribution in [0.1, 0.15) is 27.4 Å². The van der Waals surface area contributed by atoms with E-state index in [0.717, 1.165) is 16.8 Å². The molecule has 3 aromatic carbocycles. The molecule has 0 aromatic heterocycles. The van der Waals surface area contributed by atoms with Gasteiger partial charge in [0.05, 0.1) is 18.2 Å². The fourth-order valence-electron chi connectivity index (χ4n) is 5.05. The molecule has 4 nitrogen and oxygen atoms in total.